The average Bonchev–Trinajstić information content (AvgIpc) is 3.41. The van der Waals surface area contributed by atoms with Gasteiger partial charge in [-0.2, -0.15) is 4.39 Å². The van der Waals surface area contributed by atoms with Gasteiger partial charge in [0.25, 0.3) is 0 Å². The van der Waals surface area contributed by atoms with E-state index in [9.17, 15) is 9.18 Å². The molecule has 1 N–H and O–H groups in total. The summed E-state index contributed by atoms with van der Waals surface area (Å²) < 4.78 is 25.4. The maximum Gasteiger partial charge on any atom is 0.412 e. The van der Waals surface area contributed by atoms with Crippen molar-refractivity contribution < 1.29 is 18.7 Å². The second-order valence-corrected chi connectivity index (χ2v) is 10.3. The Morgan fingerprint density at radius 1 is 1.09 bits per heavy atom. The summed E-state index contributed by atoms with van der Waals surface area (Å²) in [7, 11) is 1.62. The fourth-order valence-corrected chi connectivity index (χ4v) is 5.52. The summed E-state index contributed by atoms with van der Waals surface area (Å²) in [5, 5.41) is 4.24. The van der Waals surface area contributed by atoms with Gasteiger partial charge in [-0.15, -0.1) is 22.7 Å². The van der Waals surface area contributed by atoms with Crippen LogP contribution in [-0.4, -0.2) is 13.2 Å². The van der Waals surface area contributed by atoms with E-state index in [2.05, 4.69) is 29.6 Å². The van der Waals surface area contributed by atoms with Crippen LogP contribution in [0.5, 0.6) is 5.75 Å². The van der Waals surface area contributed by atoms with Crippen molar-refractivity contribution in [2.24, 2.45) is 0 Å². The van der Waals surface area contributed by atoms with E-state index in [1.165, 1.54) is 35.8 Å². The Hall–Kier alpha value is -3.16. The lowest BCUT2D eigenvalue weighted by molar-refractivity contribution is 0.123. The Kier molecular flexibility index (Phi) is 6.39. The zero-order valence-corrected chi connectivity index (χ0v) is 20.5. The molecule has 174 valence electrons. The molecule has 0 radical (unpaired) electrons. The van der Waals surface area contributed by atoms with E-state index in [4.69, 9.17) is 9.47 Å². The first-order valence-electron chi connectivity index (χ1n) is 11.1. The van der Waals surface area contributed by atoms with Crippen LogP contribution < -0.4 is 10.1 Å². The molecule has 0 saturated heterocycles. The number of amides is 1. The van der Waals surface area contributed by atoms with Gasteiger partial charge in [0.1, 0.15) is 11.9 Å². The fourth-order valence-electron chi connectivity index (χ4n) is 3.97. The second-order valence-electron chi connectivity index (χ2n) is 8.29. The number of carbonyl (C=O) groups is 1. The third-order valence-electron chi connectivity index (χ3n) is 5.90. The highest BCUT2D eigenvalue weighted by atomic mass is 32.1. The van der Waals surface area contributed by atoms with E-state index in [-0.39, 0.29) is 0 Å². The predicted molar refractivity (Wildman–Crippen MR) is 137 cm³/mol. The number of thiophene rings is 2. The summed E-state index contributed by atoms with van der Waals surface area (Å²) in [6.07, 6.45) is 1.52. The van der Waals surface area contributed by atoms with Gasteiger partial charge < -0.3 is 9.47 Å². The molecule has 4 aromatic rings. The number of methoxy groups -OCH3 is 1. The maximum absolute atomic E-state index is 14.2. The van der Waals surface area contributed by atoms with Crippen LogP contribution in [0.2, 0.25) is 0 Å². The van der Waals surface area contributed by atoms with Crippen LogP contribution in [0.25, 0.3) is 21.6 Å². The van der Waals surface area contributed by atoms with E-state index in [0.717, 1.165) is 32.9 Å². The normalized spacial score (nSPS) is 14.0. The summed E-state index contributed by atoms with van der Waals surface area (Å²) >= 11 is 2.48. The fraction of sp³-hybridized carbons (Fsp3) is 0.222. The second kappa shape index (κ2) is 9.60. The molecule has 1 amide bonds. The van der Waals surface area contributed by atoms with Crippen LogP contribution in [0, 0.1) is 5.13 Å². The highest BCUT2D eigenvalue weighted by Gasteiger charge is 2.23. The van der Waals surface area contributed by atoms with Crippen molar-refractivity contribution in [2.75, 3.05) is 12.4 Å². The monoisotopic (exact) mass is 493 g/mol. The molecule has 0 aliphatic heterocycles. The zero-order chi connectivity index (χ0) is 23.7. The molecule has 0 unspecified atom stereocenters. The Morgan fingerprint density at radius 2 is 1.85 bits per heavy atom. The molecule has 2 heterocycles. The first-order valence-corrected chi connectivity index (χ1v) is 12.8. The Morgan fingerprint density at radius 3 is 2.53 bits per heavy atom. The lowest BCUT2D eigenvalue weighted by Crippen LogP contribution is -2.15. The molecule has 5 rings (SSSR count). The van der Waals surface area contributed by atoms with Crippen molar-refractivity contribution in [3.05, 3.63) is 81.6 Å². The quantitative estimate of drug-likeness (QED) is 0.281. The first-order chi connectivity index (χ1) is 16.5. The van der Waals surface area contributed by atoms with Gasteiger partial charge in [-0.25, -0.2) is 4.79 Å². The number of nitrogens with one attached hydrogen (secondary N) is 1. The van der Waals surface area contributed by atoms with Gasteiger partial charge in [-0.3, -0.25) is 5.32 Å². The van der Waals surface area contributed by atoms with Gasteiger partial charge in [0.05, 0.1) is 17.7 Å². The van der Waals surface area contributed by atoms with Crippen molar-refractivity contribution >= 4 is 34.5 Å². The SMILES string of the molecule is COc1cc(-c2sc(F)cc2NC(=O)O[C@H](C)c2cccs2)ccc1-c1ccc(C2CC2)cc1. The van der Waals surface area contributed by atoms with Crippen molar-refractivity contribution in [2.45, 2.75) is 31.8 Å². The molecule has 2 aromatic carbocycles. The summed E-state index contributed by atoms with van der Waals surface area (Å²) in [6.45, 7) is 1.81. The predicted octanol–water partition coefficient (Wildman–Crippen LogP) is 8.48. The molecule has 1 aliphatic rings. The van der Waals surface area contributed by atoms with Gasteiger partial charge in [-0.1, -0.05) is 42.5 Å². The van der Waals surface area contributed by atoms with Gasteiger partial charge in [0.2, 0.25) is 0 Å². The highest BCUT2D eigenvalue weighted by molar-refractivity contribution is 7.14. The Bertz CT molecular complexity index is 1290. The Labute approximate surface area is 206 Å². The summed E-state index contributed by atoms with van der Waals surface area (Å²) in [5.74, 6) is 1.39. The standard InChI is InChI=1S/C27H24FNO3S2/c1-16(24-4-3-13-33-24)32-27(30)29-22-15-25(28)34-26(22)20-11-12-21(23(14-20)31-2)19-9-7-18(8-10-19)17-5-6-17/h3-4,7-17H,5-6H2,1-2H3,(H,29,30)/t16-/m1/s1. The van der Waals surface area contributed by atoms with Crippen molar-refractivity contribution in [3.63, 3.8) is 0 Å². The topological polar surface area (TPSA) is 47.6 Å². The Balaban J connectivity index is 1.37. The molecule has 0 bridgehead atoms. The van der Waals surface area contributed by atoms with E-state index < -0.39 is 17.3 Å². The van der Waals surface area contributed by atoms with E-state index in [0.29, 0.717) is 22.2 Å². The average molecular weight is 494 g/mol. The number of hydrogen-bond acceptors (Lipinski definition) is 5. The minimum atomic E-state index is -0.626. The largest absolute Gasteiger partial charge is 0.496 e. The number of carbonyl (C=O) groups excluding carboxylic acids is 1. The van der Waals surface area contributed by atoms with E-state index >= 15 is 0 Å². The summed E-state index contributed by atoms with van der Waals surface area (Å²) in [5.41, 5.74) is 4.53. The highest BCUT2D eigenvalue weighted by Crippen LogP contribution is 2.43. The molecule has 1 saturated carbocycles. The smallest absolute Gasteiger partial charge is 0.412 e. The zero-order valence-electron chi connectivity index (χ0n) is 18.8. The van der Waals surface area contributed by atoms with Crippen LogP contribution in [0.1, 0.15) is 42.2 Å². The van der Waals surface area contributed by atoms with Crippen molar-refractivity contribution in [1.82, 2.24) is 0 Å². The molecule has 2 aromatic heterocycles. The van der Waals surface area contributed by atoms with Gasteiger partial charge >= 0.3 is 6.09 Å². The van der Waals surface area contributed by atoms with Crippen LogP contribution in [-0.2, 0) is 4.74 Å². The molecular formula is C27H24FNO3S2. The summed E-state index contributed by atoms with van der Waals surface area (Å²) in [4.78, 5) is 14.0. The van der Waals surface area contributed by atoms with Crippen LogP contribution in [0.4, 0.5) is 14.9 Å². The lowest BCUT2D eigenvalue weighted by Gasteiger charge is -2.14. The van der Waals surface area contributed by atoms with Gasteiger partial charge in [-0.05, 0) is 59.9 Å². The summed E-state index contributed by atoms with van der Waals surface area (Å²) in [6, 6.07) is 19.5. The molecule has 4 nitrogen and oxygen atoms in total. The third-order valence-corrected chi connectivity index (χ3v) is 7.91. The van der Waals surface area contributed by atoms with Crippen molar-refractivity contribution in [3.8, 4) is 27.3 Å². The lowest BCUT2D eigenvalue weighted by atomic mass is 9.99. The molecule has 1 fully saturated rings. The maximum atomic E-state index is 14.2. The molecule has 0 spiro atoms. The number of hydrogen-bond donors (Lipinski definition) is 1. The van der Waals surface area contributed by atoms with Crippen LogP contribution in [0.15, 0.2) is 66.0 Å². The van der Waals surface area contributed by atoms with Crippen LogP contribution in [0.3, 0.4) is 0 Å². The molecular weight excluding hydrogens is 469 g/mol. The first kappa shape index (κ1) is 22.6. The number of benzene rings is 2. The molecule has 7 heteroatoms. The number of rotatable bonds is 7. The minimum Gasteiger partial charge on any atom is -0.496 e. The minimum absolute atomic E-state index is 0.370. The van der Waals surface area contributed by atoms with Crippen LogP contribution >= 0.6 is 22.7 Å². The van der Waals surface area contributed by atoms with E-state index in [1.807, 2.05) is 35.7 Å². The van der Waals surface area contributed by atoms with Gasteiger partial charge in [0.15, 0.2) is 5.13 Å². The number of halogens is 1. The van der Waals surface area contributed by atoms with E-state index in [1.54, 1.807) is 14.0 Å². The number of anilines is 1. The molecule has 1 aliphatic carbocycles. The van der Waals surface area contributed by atoms with Gasteiger partial charge in [0, 0.05) is 16.5 Å². The number of ether oxygens (including phenoxy) is 2. The molecule has 1 atom stereocenters. The molecule has 34 heavy (non-hydrogen) atoms. The van der Waals surface area contributed by atoms with Crippen molar-refractivity contribution in [1.29, 1.82) is 0 Å². The third kappa shape index (κ3) is 4.86.